The molecule has 1 fully saturated rings. The summed E-state index contributed by atoms with van der Waals surface area (Å²) in [7, 11) is 0. The van der Waals surface area contributed by atoms with Crippen LogP contribution in [0.15, 0.2) is 18.2 Å². The smallest absolute Gasteiger partial charge is 0.257 e. The van der Waals surface area contributed by atoms with Crippen molar-refractivity contribution in [2.45, 2.75) is 19.9 Å². The van der Waals surface area contributed by atoms with Crippen molar-refractivity contribution >= 4 is 5.91 Å². The summed E-state index contributed by atoms with van der Waals surface area (Å²) in [5, 5.41) is 19.0. The number of carbonyl (C=O) groups excluding carboxylic acids is 1. The van der Waals surface area contributed by atoms with Crippen molar-refractivity contribution in [2.24, 2.45) is 0 Å². The lowest BCUT2D eigenvalue weighted by molar-refractivity contribution is 0.0525. The summed E-state index contributed by atoms with van der Waals surface area (Å²) in [5.41, 5.74) is 0.245. The molecule has 1 saturated heterocycles. The van der Waals surface area contributed by atoms with E-state index < -0.39 is 0 Å². The molecule has 0 saturated carbocycles. The first-order valence-electron chi connectivity index (χ1n) is 6.58. The van der Waals surface area contributed by atoms with Crippen molar-refractivity contribution in [1.29, 1.82) is 0 Å². The van der Waals surface area contributed by atoms with Crippen molar-refractivity contribution in [3.05, 3.63) is 23.8 Å². The molecule has 1 aromatic rings. The molecule has 1 atom stereocenters. The molecule has 2 rings (SSSR count). The lowest BCUT2D eigenvalue weighted by Crippen LogP contribution is -2.53. The van der Waals surface area contributed by atoms with E-state index in [-0.39, 0.29) is 23.0 Å². The highest BCUT2D eigenvalue weighted by molar-refractivity contribution is 5.97. The zero-order valence-electron chi connectivity index (χ0n) is 11.3. The van der Waals surface area contributed by atoms with Crippen LogP contribution < -0.4 is 0 Å². The van der Waals surface area contributed by atoms with Crippen molar-refractivity contribution in [3.63, 3.8) is 0 Å². The molecule has 19 heavy (non-hydrogen) atoms. The first-order valence-corrected chi connectivity index (χ1v) is 6.58. The SMILES string of the molecule is CCN1CCN(C(=O)c2ccc(O)cc2O)CC1C. The van der Waals surface area contributed by atoms with Crippen LogP contribution in [-0.4, -0.2) is 58.1 Å². The van der Waals surface area contributed by atoms with Gasteiger partial charge in [-0.1, -0.05) is 6.92 Å². The van der Waals surface area contributed by atoms with Crippen LogP contribution in [0.4, 0.5) is 0 Å². The Balaban J connectivity index is 2.12. The number of phenolic OH excluding ortho intramolecular Hbond substituents is 2. The van der Waals surface area contributed by atoms with E-state index in [4.69, 9.17) is 0 Å². The molecule has 2 N–H and O–H groups in total. The number of piperazine rings is 1. The van der Waals surface area contributed by atoms with E-state index in [9.17, 15) is 15.0 Å². The molecule has 0 bridgehead atoms. The summed E-state index contributed by atoms with van der Waals surface area (Å²) < 4.78 is 0. The fourth-order valence-corrected chi connectivity index (χ4v) is 2.52. The standard InChI is InChI=1S/C14H20N2O3/c1-3-15-6-7-16(9-10(15)2)14(19)12-5-4-11(17)8-13(12)18/h4-5,8,10,17-18H,3,6-7,9H2,1-2H3. The maximum Gasteiger partial charge on any atom is 0.257 e. The third-order valence-electron chi connectivity index (χ3n) is 3.67. The Hall–Kier alpha value is -1.75. The van der Waals surface area contributed by atoms with Gasteiger partial charge >= 0.3 is 0 Å². The van der Waals surface area contributed by atoms with Crippen LogP contribution in [-0.2, 0) is 0 Å². The number of likely N-dealkylation sites (N-methyl/N-ethyl adjacent to an activating group) is 1. The molecule has 0 spiro atoms. The molecule has 5 heteroatoms. The van der Waals surface area contributed by atoms with Gasteiger partial charge in [0.1, 0.15) is 11.5 Å². The van der Waals surface area contributed by atoms with Crippen molar-refractivity contribution < 1.29 is 15.0 Å². The highest BCUT2D eigenvalue weighted by Gasteiger charge is 2.27. The Morgan fingerprint density at radius 3 is 2.68 bits per heavy atom. The molecule has 1 unspecified atom stereocenters. The van der Waals surface area contributed by atoms with Gasteiger partial charge in [-0.2, -0.15) is 0 Å². The highest BCUT2D eigenvalue weighted by Crippen LogP contribution is 2.24. The average molecular weight is 264 g/mol. The predicted octanol–water partition coefficient (Wildman–Crippen LogP) is 1.26. The normalized spacial score (nSPS) is 20.5. The Kier molecular flexibility index (Phi) is 3.95. The number of phenols is 2. The second kappa shape index (κ2) is 5.48. The first kappa shape index (κ1) is 13.7. The number of carbonyl (C=O) groups is 1. The lowest BCUT2D eigenvalue weighted by Gasteiger charge is -2.39. The summed E-state index contributed by atoms with van der Waals surface area (Å²) in [6.07, 6.45) is 0. The van der Waals surface area contributed by atoms with Crippen LogP contribution in [0.25, 0.3) is 0 Å². The molecule has 1 heterocycles. The van der Waals surface area contributed by atoms with E-state index in [1.54, 1.807) is 4.90 Å². The predicted molar refractivity (Wildman–Crippen MR) is 72.4 cm³/mol. The number of hydrogen-bond donors (Lipinski definition) is 2. The Bertz CT molecular complexity index is 476. The molecule has 1 aliphatic heterocycles. The fourth-order valence-electron chi connectivity index (χ4n) is 2.52. The number of rotatable bonds is 2. The maximum atomic E-state index is 12.3. The lowest BCUT2D eigenvalue weighted by atomic mass is 10.1. The van der Waals surface area contributed by atoms with E-state index in [0.717, 1.165) is 13.1 Å². The van der Waals surface area contributed by atoms with E-state index >= 15 is 0 Å². The minimum atomic E-state index is -0.180. The summed E-state index contributed by atoms with van der Waals surface area (Å²) >= 11 is 0. The summed E-state index contributed by atoms with van der Waals surface area (Å²) in [6.45, 7) is 7.36. The summed E-state index contributed by atoms with van der Waals surface area (Å²) in [6, 6.07) is 4.39. The van der Waals surface area contributed by atoms with E-state index in [0.29, 0.717) is 19.1 Å². The Morgan fingerprint density at radius 1 is 1.37 bits per heavy atom. The minimum Gasteiger partial charge on any atom is -0.508 e. The van der Waals surface area contributed by atoms with Gasteiger partial charge in [-0.3, -0.25) is 9.69 Å². The topological polar surface area (TPSA) is 64.0 Å². The maximum absolute atomic E-state index is 12.3. The van der Waals surface area contributed by atoms with Gasteiger partial charge in [0.05, 0.1) is 5.56 Å². The minimum absolute atomic E-state index is 0.0433. The Labute approximate surface area is 113 Å². The van der Waals surface area contributed by atoms with Gasteiger partial charge in [-0.25, -0.2) is 0 Å². The fraction of sp³-hybridized carbons (Fsp3) is 0.500. The van der Waals surface area contributed by atoms with Crippen LogP contribution in [0, 0.1) is 0 Å². The van der Waals surface area contributed by atoms with Crippen molar-refractivity contribution in [1.82, 2.24) is 9.80 Å². The molecule has 1 amide bonds. The zero-order chi connectivity index (χ0) is 14.0. The van der Waals surface area contributed by atoms with Gasteiger partial charge in [0.2, 0.25) is 0 Å². The number of aromatic hydroxyl groups is 2. The molecule has 0 aliphatic carbocycles. The van der Waals surface area contributed by atoms with Crippen molar-refractivity contribution in [3.8, 4) is 11.5 Å². The van der Waals surface area contributed by atoms with Crippen LogP contribution in [0.5, 0.6) is 11.5 Å². The number of benzene rings is 1. The summed E-state index contributed by atoms with van der Waals surface area (Å²) in [4.78, 5) is 16.4. The van der Waals surface area contributed by atoms with Crippen LogP contribution in [0.2, 0.25) is 0 Å². The number of amides is 1. The largest absolute Gasteiger partial charge is 0.508 e. The Morgan fingerprint density at radius 2 is 2.11 bits per heavy atom. The molecular weight excluding hydrogens is 244 g/mol. The summed E-state index contributed by atoms with van der Waals surface area (Å²) in [5.74, 6) is -0.395. The molecule has 1 aliphatic rings. The average Bonchev–Trinajstić information content (AvgIpc) is 2.38. The molecular formula is C14H20N2O3. The highest BCUT2D eigenvalue weighted by atomic mass is 16.3. The third kappa shape index (κ3) is 2.81. The molecule has 0 radical (unpaired) electrons. The monoisotopic (exact) mass is 264 g/mol. The van der Waals surface area contributed by atoms with Gasteiger partial charge in [0, 0.05) is 31.7 Å². The number of nitrogens with zero attached hydrogens (tertiary/aromatic N) is 2. The second-order valence-electron chi connectivity index (χ2n) is 4.93. The van der Waals surface area contributed by atoms with Gasteiger partial charge in [0.25, 0.3) is 5.91 Å². The molecule has 5 nitrogen and oxygen atoms in total. The van der Waals surface area contributed by atoms with Crippen LogP contribution in [0.3, 0.4) is 0 Å². The third-order valence-corrected chi connectivity index (χ3v) is 3.67. The molecule has 1 aromatic carbocycles. The van der Waals surface area contributed by atoms with Gasteiger partial charge in [-0.15, -0.1) is 0 Å². The van der Waals surface area contributed by atoms with Crippen LogP contribution >= 0.6 is 0 Å². The van der Waals surface area contributed by atoms with Crippen LogP contribution in [0.1, 0.15) is 24.2 Å². The van der Waals surface area contributed by atoms with E-state index in [1.165, 1.54) is 18.2 Å². The quantitative estimate of drug-likeness (QED) is 0.844. The van der Waals surface area contributed by atoms with Gasteiger partial charge in [0.15, 0.2) is 0 Å². The molecule has 104 valence electrons. The zero-order valence-corrected chi connectivity index (χ0v) is 11.3. The van der Waals surface area contributed by atoms with Crippen molar-refractivity contribution in [2.75, 3.05) is 26.2 Å². The van der Waals surface area contributed by atoms with E-state index in [2.05, 4.69) is 18.7 Å². The first-order chi connectivity index (χ1) is 9.02. The molecule has 0 aromatic heterocycles. The van der Waals surface area contributed by atoms with E-state index in [1.807, 2.05) is 0 Å². The number of hydrogen-bond acceptors (Lipinski definition) is 4. The van der Waals surface area contributed by atoms with Gasteiger partial charge in [-0.05, 0) is 25.6 Å². The second-order valence-corrected chi connectivity index (χ2v) is 4.93. The van der Waals surface area contributed by atoms with Gasteiger partial charge < -0.3 is 15.1 Å².